The van der Waals surface area contributed by atoms with Crippen molar-refractivity contribution in [3.8, 4) is 33.3 Å². The number of aromatic nitrogens is 4. The first kappa shape index (κ1) is 26.7. The van der Waals surface area contributed by atoms with Gasteiger partial charge in [0.15, 0.2) is 10.8 Å². The Labute approximate surface area is 245 Å². The summed E-state index contributed by atoms with van der Waals surface area (Å²) in [6.07, 6.45) is 2.84. The quantitative estimate of drug-likeness (QED) is 0.194. The molecule has 0 fully saturated rings. The van der Waals surface area contributed by atoms with Gasteiger partial charge in [-0.25, -0.2) is 4.68 Å². The fourth-order valence-corrected chi connectivity index (χ4v) is 5.42. The number of carbonyl (C=O) groups excluding carboxylic acids is 1. The van der Waals surface area contributed by atoms with Gasteiger partial charge in [0.2, 0.25) is 5.13 Å². The number of nitrogens with one attached hydrogen (secondary N) is 1. The number of anilines is 1. The lowest BCUT2D eigenvalue weighted by atomic mass is 10.1. The highest BCUT2D eigenvalue weighted by molar-refractivity contribution is 7.18. The molecule has 206 valence electrons. The van der Waals surface area contributed by atoms with E-state index in [-0.39, 0.29) is 5.76 Å². The third-order valence-corrected chi connectivity index (χ3v) is 7.89. The molecule has 0 aliphatic heterocycles. The fraction of sp³-hybridized carbons (Fsp3) is 0.161. The van der Waals surface area contributed by atoms with Crippen LogP contribution in [0.1, 0.15) is 35.0 Å². The third kappa shape index (κ3) is 5.33. The van der Waals surface area contributed by atoms with Crippen LogP contribution in [0.5, 0.6) is 5.75 Å². The van der Waals surface area contributed by atoms with E-state index in [0.29, 0.717) is 32.9 Å². The highest BCUT2D eigenvalue weighted by Gasteiger charge is 2.22. The van der Waals surface area contributed by atoms with E-state index < -0.39 is 5.91 Å². The molecule has 1 N–H and O–H groups in total. The number of nitrogens with zero attached hydrogens (tertiary/aromatic N) is 4. The van der Waals surface area contributed by atoms with E-state index in [0.717, 1.165) is 45.6 Å². The van der Waals surface area contributed by atoms with Gasteiger partial charge in [0.25, 0.3) is 5.91 Å². The van der Waals surface area contributed by atoms with Crippen LogP contribution in [-0.2, 0) is 0 Å². The Kier molecular flexibility index (Phi) is 7.30. The summed E-state index contributed by atoms with van der Waals surface area (Å²) in [6.45, 7) is 6.43. The largest absolute Gasteiger partial charge is 0.494 e. The molecule has 0 radical (unpaired) electrons. The minimum Gasteiger partial charge on any atom is -0.494 e. The van der Waals surface area contributed by atoms with E-state index in [1.165, 1.54) is 11.3 Å². The predicted molar refractivity (Wildman–Crippen MR) is 162 cm³/mol. The van der Waals surface area contributed by atoms with Gasteiger partial charge in [-0.2, -0.15) is 5.10 Å². The average Bonchev–Trinajstić information content (AvgIpc) is 3.71. The molecular formula is C31H26ClN5O3S. The number of aryl methyl sites for hydroxylation is 2. The van der Waals surface area contributed by atoms with Crippen LogP contribution in [0.15, 0.2) is 77.3 Å². The van der Waals surface area contributed by atoms with Crippen LogP contribution in [0.4, 0.5) is 5.13 Å². The Morgan fingerprint density at radius 3 is 2.71 bits per heavy atom. The Bertz CT molecular complexity index is 1880. The first-order valence-corrected chi connectivity index (χ1v) is 14.3. The van der Waals surface area contributed by atoms with Crippen molar-refractivity contribution in [2.75, 3.05) is 11.9 Å². The average molecular weight is 584 g/mol. The molecule has 0 aliphatic carbocycles. The number of amides is 1. The summed E-state index contributed by atoms with van der Waals surface area (Å²) >= 11 is 7.56. The van der Waals surface area contributed by atoms with Crippen molar-refractivity contribution in [3.63, 3.8) is 0 Å². The number of ether oxygens (including phenoxy) is 1. The number of furan rings is 1. The summed E-state index contributed by atoms with van der Waals surface area (Å²) in [6, 6.07) is 21.3. The molecule has 0 saturated carbocycles. The van der Waals surface area contributed by atoms with Gasteiger partial charge >= 0.3 is 0 Å². The molecule has 0 atom stereocenters. The van der Waals surface area contributed by atoms with Gasteiger partial charge in [-0.05, 0) is 62.2 Å². The molecule has 3 aromatic heterocycles. The SMILES string of the molecule is CCCOc1cccc(-c2nn(-c3ccccc3)cc2-c2nnc(NC(=O)c3oc4cc(C)c(Cl)cc4c3C)s2)c1. The summed E-state index contributed by atoms with van der Waals surface area (Å²) < 4.78 is 13.6. The van der Waals surface area contributed by atoms with Gasteiger partial charge in [-0.1, -0.05) is 60.2 Å². The molecule has 3 heterocycles. The smallest absolute Gasteiger partial charge is 0.293 e. The van der Waals surface area contributed by atoms with Gasteiger partial charge in [0, 0.05) is 27.7 Å². The lowest BCUT2D eigenvalue weighted by molar-refractivity contribution is 0.0998. The number of carbonyl (C=O) groups is 1. The van der Waals surface area contributed by atoms with Gasteiger partial charge in [-0.15, -0.1) is 10.2 Å². The zero-order valence-electron chi connectivity index (χ0n) is 22.6. The molecule has 6 aromatic rings. The minimum absolute atomic E-state index is 0.208. The first-order chi connectivity index (χ1) is 19.9. The lowest BCUT2D eigenvalue weighted by Gasteiger charge is -2.06. The normalized spacial score (nSPS) is 11.2. The van der Waals surface area contributed by atoms with Gasteiger partial charge < -0.3 is 9.15 Å². The highest BCUT2D eigenvalue weighted by Crippen LogP contribution is 2.37. The third-order valence-electron chi connectivity index (χ3n) is 6.61. The van der Waals surface area contributed by atoms with Crippen molar-refractivity contribution in [3.05, 3.63) is 94.8 Å². The molecule has 10 heteroatoms. The van der Waals surface area contributed by atoms with Crippen LogP contribution >= 0.6 is 22.9 Å². The maximum atomic E-state index is 13.2. The van der Waals surface area contributed by atoms with Crippen molar-refractivity contribution in [2.24, 2.45) is 0 Å². The molecule has 0 spiro atoms. The Hall–Kier alpha value is -4.47. The first-order valence-electron chi connectivity index (χ1n) is 13.1. The topological polar surface area (TPSA) is 95.1 Å². The van der Waals surface area contributed by atoms with Crippen LogP contribution in [0.3, 0.4) is 0 Å². The maximum absolute atomic E-state index is 13.2. The lowest BCUT2D eigenvalue weighted by Crippen LogP contribution is -2.11. The van der Waals surface area contributed by atoms with Crippen molar-refractivity contribution < 1.29 is 13.9 Å². The summed E-state index contributed by atoms with van der Waals surface area (Å²) in [5, 5.41) is 18.8. The number of hydrogen-bond acceptors (Lipinski definition) is 7. The number of para-hydroxylation sites is 1. The van der Waals surface area contributed by atoms with E-state index in [1.54, 1.807) is 0 Å². The summed E-state index contributed by atoms with van der Waals surface area (Å²) in [5.41, 5.74) is 5.50. The van der Waals surface area contributed by atoms with Crippen LogP contribution in [0.25, 0.3) is 38.5 Å². The monoisotopic (exact) mass is 583 g/mol. The van der Waals surface area contributed by atoms with E-state index in [2.05, 4.69) is 22.4 Å². The number of benzene rings is 3. The molecule has 8 nitrogen and oxygen atoms in total. The zero-order valence-corrected chi connectivity index (χ0v) is 24.2. The second kappa shape index (κ2) is 11.2. The number of hydrogen-bond donors (Lipinski definition) is 1. The summed E-state index contributed by atoms with van der Waals surface area (Å²) in [7, 11) is 0. The van der Waals surface area contributed by atoms with Crippen molar-refractivity contribution in [2.45, 2.75) is 27.2 Å². The highest BCUT2D eigenvalue weighted by atomic mass is 35.5. The molecule has 6 rings (SSSR count). The van der Waals surface area contributed by atoms with Gasteiger partial charge in [0.05, 0.1) is 17.9 Å². The number of halogens is 1. The minimum atomic E-state index is -0.406. The molecule has 0 saturated heterocycles. The van der Waals surface area contributed by atoms with Crippen LogP contribution in [-0.4, -0.2) is 32.5 Å². The van der Waals surface area contributed by atoms with Crippen molar-refractivity contribution in [1.29, 1.82) is 0 Å². The molecule has 1 amide bonds. The zero-order chi connectivity index (χ0) is 28.5. The summed E-state index contributed by atoms with van der Waals surface area (Å²) in [5.74, 6) is 0.573. The maximum Gasteiger partial charge on any atom is 0.293 e. The van der Waals surface area contributed by atoms with Crippen LogP contribution in [0, 0.1) is 13.8 Å². The van der Waals surface area contributed by atoms with E-state index in [9.17, 15) is 4.79 Å². The fourth-order valence-electron chi connectivity index (χ4n) is 4.50. The van der Waals surface area contributed by atoms with Crippen molar-refractivity contribution in [1.82, 2.24) is 20.0 Å². The Morgan fingerprint density at radius 1 is 1.07 bits per heavy atom. The van der Waals surface area contributed by atoms with E-state index >= 15 is 0 Å². The van der Waals surface area contributed by atoms with Gasteiger partial charge in [-0.3, -0.25) is 10.1 Å². The molecule has 3 aromatic carbocycles. The molecular weight excluding hydrogens is 558 g/mol. The van der Waals surface area contributed by atoms with E-state index in [1.807, 2.05) is 91.5 Å². The number of rotatable bonds is 8. The van der Waals surface area contributed by atoms with Gasteiger partial charge in [0.1, 0.15) is 17.0 Å². The van der Waals surface area contributed by atoms with Crippen LogP contribution in [0.2, 0.25) is 5.02 Å². The molecule has 41 heavy (non-hydrogen) atoms. The van der Waals surface area contributed by atoms with Crippen LogP contribution < -0.4 is 10.1 Å². The second-order valence-electron chi connectivity index (χ2n) is 9.57. The molecule has 0 unspecified atom stereocenters. The standard InChI is InChI=1S/C31H26ClN5O3S/c1-4-13-39-22-12-8-9-20(15-22)27-24(17-37(36-27)21-10-6-5-7-11-21)30-34-35-31(41-30)33-29(38)28-19(3)23-16-25(32)18(2)14-26(23)40-28/h5-12,14-17H,4,13H2,1-3H3,(H,33,35,38). The summed E-state index contributed by atoms with van der Waals surface area (Å²) in [4.78, 5) is 13.2. The Morgan fingerprint density at radius 2 is 1.90 bits per heavy atom. The van der Waals surface area contributed by atoms with Crippen molar-refractivity contribution >= 4 is 44.9 Å². The van der Waals surface area contributed by atoms with E-state index in [4.69, 9.17) is 25.9 Å². The number of fused-ring (bicyclic) bond motifs is 1. The molecule has 0 aliphatic rings. The second-order valence-corrected chi connectivity index (χ2v) is 11.0. The molecule has 0 bridgehead atoms. The Balaban J connectivity index is 1.34. The predicted octanol–water partition coefficient (Wildman–Crippen LogP) is 8.12.